The van der Waals surface area contributed by atoms with Crippen LogP contribution >= 0.6 is 0 Å². The fraction of sp³-hybridized carbons (Fsp3) is 0.0769. The van der Waals surface area contributed by atoms with Crippen LogP contribution in [0.3, 0.4) is 0 Å². The summed E-state index contributed by atoms with van der Waals surface area (Å²) in [6.07, 6.45) is 1.53. The average Bonchev–Trinajstić information content (AvgIpc) is 2.34. The Bertz CT molecular complexity index is 587. The van der Waals surface area contributed by atoms with E-state index in [0.29, 0.717) is 22.9 Å². The summed E-state index contributed by atoms with van der Waals surface area (Å²) in [6.45, 7) is 1.92. The van der Waals surface area contributed by atoms with Crippen molar-refractivity contribution in [1.82, 2.24) is 4.98 Å². The molecule has 2 rings (SSSR count). The molecule has 0 aliphatic heterocycles. The standard InChI is InChI=1S/C13H11N3O/c1-9-2-3-11(7-12(9)15)17-13-6-10(8-14)4-5-16-13/h2-7H,15H2,1H3. The summed E-state index contributed by atoms with van der Waals surface area (Å²) in [7, 11) is 0. The summed E-state index contributed by atoms with van der Waals surface area (Å²) in [6, 6.07) is 10.6. The minimum absolute atomic E-state index is 0.382. The van der Waals surface area contributed by atoms with E-state index in [1.165, 1.54) is 6.20 Å². The predicted molar refractivity (Wildman–Crippen MR) is 64.6 cm³/mol. The van der Waals surface area contributed by atoms with Gasteiger partial charge < -0.3 is 10.5 Å². The molecule has 0 amide bonds. The van der Waals surface area contributed by atoms with Gasteiger partial charge >= 0.3 is 0 Å². The highest BCUT2D eigenvalue weighted by molar-refractivity contribution is 5.51. The van der Waals surface area contributed by atoms with Gasteiger partial charge in [-0.3, -0.25) is 0 Å². The third kappa shape index (κ3) is 2.52. The van der Waals surface area contributed by atoms with Crippen molar-refractivity contribution < 1.29 is 4.74 Å². The summed E-state index contributed by atoms with van der Waals surface area (Å²) in [5, 5.41) is 8.76. The molecular weight excluding hydrogens is 214 g/mol. The van der Waals surface area contributed by atoms with Crippen molar-refractivity contribution in [2.45, 2.75) is 6.92 Å². The molecule has 0 fully saturated rings. The number of pyridine rings is 1. The summed E-state index contributed by atoms with van der Waals surface area (Å²) in [4.78, 5) is 4.02. The molecule has 1 heterocycles. The first kappa shape index (κ1) is 11.0. The van der Waals surface area contributed by atoms with E-state index < -0.39 is 0 Å². The van der Waals surface area contributed by atoms with Crippen LogP contribution in [0.1, 0.15) is 11.1 Å². The monoisotopic (exact) mass is 225 g/mol. The smallest absolute Gasteiger partial charge is 0.220 e. The van der Waals surface area contributed by atoms with Crippen LogP contribution in [0.5, 0.6) is 11.6 Å². The van der Waals surface area contributed by atoms with Crippen LogP contribution in [-0.4, -0.2) is 4.98 Å². The van der Waals surface area contributed by atoms with Crippen molar-refractivity contribution in [1.29, 1.82) is 5.26 Å². The maximum atomic E-state index is 8.76. The first-order chi connectivity index (χ1) is 8.19. The number of rotatable bonds is 2. The van der Waals surface area contributed by atoms with Crippen LogP contribution in [0.25, 0.3) is 0 Å². The van der Waals surface area contributed by atoms with Gasteiger partial charge in [-0.25, -0.2) is 4.98 Å². The molecule has 4 heteroatoms. The van der Waals surface area contributed by atoms with E-state index in [1.807, 2.05) is 25.1 Å². The summed E-state index contributed by atoms with van der Waals surface area (Å²) < 4.78 is 5.51. The number of ether oxygens (including phenoxy) is 1. The van der Waals surface area contributed by atoms with Gasteiger partial charge in [0.25, 0.3) is 0 Å². The molecule has 0 bridgehead atoms. The molecule has 2 N–H and O–H groups in total. The van der Waals surface area contributed by atoms with Gasteiger partial charge in [-0.1, -0.05) is 6.07 Å². The number of hydrogen-bond donors (Lipinski definition) is 1. The van der Waals surface area contributed by atoms with E-state index >= 15 is 0 Å². The highest BCUT2D eigenvalue weighted by atomic mass is 16.5. The molecule has 0 aliphatic rings. The fourth-order valence-corrected chi connectivity index (χ4v) is 1.34. The third-order valence-corrected chi connectivity index (χ3v) is 2.34. The molecule has 0 saturated carbocycles. The van der Waals surface area contributed by atoms with Crippen LogP contribution < -0.4 is 10.5 Å². The zero-order valence-corrected chi connectivity index (χ0v) is 9.34. The lowest BCUT2D eigenvalue weighted by Gasteiger charge is -2.06. The number of nitrogen functional groups attached to an aromatic ring is 1. The normalized spacial score (nSPS) is 9.65. The fourth-order valence-electron chi connectivity index (χ4n) is 1.34. The van der Waals surface area contributed by atoms with E-state index in [9.17, 15) is 0 Å². The van der Waals surface area contributed by atoms with Crippen molar-refractivity contribution in [2.24, 2.45) is 0 Å². The number of anilines is 1. The van der Waals surface area contributed by atoms with Crippen molar-refractivity contribution >= 4 is 5.69 Å². The van der Waals surface area contributed by atoms with Gasteiger partial charge in [0.05, 0.1) is 11.6 Å². The molecule has 4 nitrogen and oxygen atoms in total. The zero-order chi connectivity index (χ0) is 12.3. The molecule has 84 valence electrons. The average molecular weight is 225 g/mol. The highest BCUT2D eigenvalue weighted by Gasteiger charge is 2.02. The van der Waals surface area contributed by atoms with E-state index in [1.54, 1.807) is 18.2 Å². The van der Waals surface area contributed by atoms with Crippen molar-refractivity contribution in [3.05, 3.63) is 47.7 Å². The molecule has 0 saturated heterocycles. The second-order valence-corrected chi connectivity index (χ2v) is 3.62. The van der Waals surface area contributed by atoms with Crippen LogP contribution in [0.4, 0.5) is 5.69 Å². The van der Waals surface area contributed by atoms with E-state index in [0.717, 1.165) is 5.56 Å². The molecule has 0 atom stereocenters. The number of nitrogens with zero attached hydrogens (tertiary/aromatic N) is 2. The maximum Gasteiger partial charge on any atom is 0.220 e. The van der Waals surface area contributed by atoms with Crippen LogP contribution in [0, 0.1) is 18.3 Å². The largest absolute Gasteiger partial charge is 0.439 e. The van der Waals surface area contributed by atoms with Crippen molar-refractivity contribution in [3.8, 4) is 17.7 Å². The Hall–Kier alpha value is -2.54. The number of benzene rings is 1. The van der Waals surface area contributed by atoms with Gasteiger partial charge in [0, 0.05) is 24.0 Å². The van der Waals surface area contributed by atoms with Crippen LogP contribution in [0.15, 0.2) is 36.5 Å². The molecular formula is C13H11N3O. The topological polar surface area (TPSA) is 71.9 Å². The predicted octanol–water partition coefficient (Wildman–Crippen LogP) is 2.64. The maximum absolute atomic E-state index is 8.76. The molecule has 1 aromatic heterocycles. The van der Waals surface area contributed by atoms with Gasteiger partial charge in [-0.15, -0.1) is 0 Å². The first-order valence-corrected chi connectivity index (χ1v) is 5.09. The molecule has 17 heavy (non-hydrogen) atoms. The van der Waals surface area contributed by atoms with Crippen LogP contribution in [-0.2, 0) is 0 Å². The zero-order valence-electron chi connectivity index (χ0n) is 9.34. The van der Waals surface area contributed by atoms with Gasteiger partial charge in [-0.2, -0.15) is 5.26 Å². The molecule has 0 spiro atoms. The van der Waals surface area contributed by atoms with Gasteiger partial charge in [-0.05, 0) is 24.6 Å². The van der Waals surface area contributed by atoms with E-state index in [4.69, 9.17) is 15.7 Å². The second kappa shape index (κ2) is 4.54. The number of aryl methyl sites for hydroxylation is 1. The Balaban J connectivity index is 2.25. The van der Waals surface area contributed by atoms with Crippen molar-refractivity contribution in [2.75, 3.05) is 5.73 Å². The Morgan fingerprint density at radius 2 is 2.12 bits per heavy atom. The highest BCUT2D eigenvalue weighted by Crippen LogP contribution is 2.23. The molecule has 0 radical (unpaired) electrons. The lowest BCUT2D eigenvalue weighted by molar-refractivity contribution is 0.463. The number of hydrogen-bond acceptors (Lipinski definition) is 4. The number of nitriles is 1. The quantitative estimate of drug-likeness (QED) is 0.797. The summed E-state index contributed by atoms with van der Waals surface area (Å²) >= 11 is 0. The second-order valence-electron chi connectivity index (χ2n) is 3.62. The number of nitrogens with two attached hydrogens (primary N) is 1. The van der Waals surface area contributed by atoms with Gasteiger partial charge in [0.15, 0.2) is 0 Å². The summed E-state index contributed by atoms with van der Waals surface area (Å²) in [5.74, 6) is 0.989. The lowest BCUT2D eigenvalue weighted by atomic mass is 10.2. The van der Waals surface area contributed by atoms with Crippen LogP contribution in [0.2, 0.25) is 0 Å². The molecule has 2 aromatic rings. The first-order valence-electron chi connectivity index (χ1n) is 5.09. The summed E-state index contributed by atoms with van der Waals surface area (Å²) in [5.41, 5.74) is 7.95. The minimum atomic E-state index is 0.382. The number of aromatic nitrogens is 1. The Kier molecular flexibility index (Phi) is 2.93. The third-order valence-electron chi connectivity index (χ3n) is 2.34. The Morgan fingerprint density at radius 3 is 2.82 bits per heavy atom. The molecule has 1 aromatic carbocycles. The Morgan fingerprint density at radius 1 is 1.29 bits per heavy atom. The molecule has 0 aliphatic carbocycles. The Labute approximate surface area is 99.3 Å². The van der Waals surface area contributed by atoms with Crippen molar-refractivity contribution in [3.63, 3.8) is 0 Å². The lowest BCUT2D eigenvalue weighted by Crippen LogP contribution is -1.92. The minimum Gasteiger partial charge on any atom is -0.439 e. The van der Waals surface area contributed by atoms with E-state index in [-0.39, 0.29) is 0 Å². The van der Waals surface area contributed by atoms with E-state index in [2.05, 4.69) is 4.98 Å². The van der Waals surface area contributed by atoms with Gasteiger partial charge in [0.1, 0.15) is 5.75 Å². The van der Waals surface area contributed by atoms with Gasteiger partial charge in [0.2, 0.25) is 5.88 Å². The SMILES string of the molecule is Cc1ccc(Oc2cc(C#N)ccn2)cc1N. The molecule has 0 unspecified atom stereocenters.